The van der Waals surface area contributed by atoms with Crippen molar-refractivity contribution in [1.82, 2.24) is 0 Å². The number of nitro benzene ring substituents is 1. The molecule has 0 saturated carbocycles. The summed E-state index contributed by atoms with van der Waals surface area (Å²) in [6, 6.07) is 4.33. The summed E-state index contributed by atoms with van der Waals surface area (Å²) in [7, 11) is 1.41. The predicted molar refractivity (Wildman–Crippen MR) is 67.2 cm³/mol. The minimum Gasteiger partial charge on any atom is -0.497 e. The second-order valence-corrected chi connectivity index (χ2v) is 5.67. The van der Waals surface area contributed by atoms with Crippen molar-refractivity contribution in [2.75, 3.05) is 7.11 Å². The molecular weight excluding hydrogens is 258 g/mol. The van der Waals surface area contributed by atoms with Crippen molar-refractivity contribution in [2.45, 2.75) is 23.5 Å². The Kier molecular flexibility index (Phi) is 4.18. The van der Waals surface area contributed by atoms with Crippen LogP contribution in [0.25, 0.3) is 0 Å². The molecule has 0 unspecified atom stereocenters. The van der Waals surface area contributed by atoms with Gasteiger partial charge in [-0.1, -0.05) is 0 Å². The summed E-state index contributed by atoms with van der Waals surface area (Å²) in [5, 5.41) is 20.0. The maximum absolute atomic E-state index is 11.0. The second kappa shape index (κ2) is 5.26. The van der Waals surface area contributed by atoms with Crippen molar-refractivity contribution in [3.63, 3.8) is 0 Å². The van der Waals surface area contributed by atoms with Gasteiger partial charge in [0.1, 0.15) is 10.5 Å². The van der Waals surface area contributed by atoms with Crippen LogP contribution in [0.3, 0.4) is 0 Å². The first-order valence-corrected chi connectivity index (χ1v) is 5.84. The van der Waals surface area contributed by atoms with Crippen LogP contribution in [0.4, 0.5) is 5.69 Å². The number of carboxylic acid groups (broad SMARTS) is 1. The van der Waals surface area contributed by atoms with Crippen molar-refractivity contribution in [3.8, 4) is 5.75 Å². The normalized spacial score (nSPS) is 11.1. The third-order valence-corrected chi connectivity index (χ3v) is 3.49. The lowest BCUT2D eigenvalue weighted by Crippen LogP contribution is -2.27. The van der Waals surface area contributed by atoms with Gasteiger partial charge in [0.2, 0.25) is 0 Å². The Morgan fingerprint density at radius 2 is 2.11 bits per heavy atom. The topological polar surface area (TPSA) is 89.7 Å². The van der Waals surface area contributed by atoms with E-state index in [1.165, 1.54) is 33.1 Å². The van der Waals surface area contributed by atoms with Gasteiger partial charge in [0.25, 0.3) is 5.69 Å². The van der Waals surface area contributed by atoms with Gasteiger partial charge in [-0.2, -0.15) is 0 Å². The van der Waals surface area contributed by atoms with E-state index in [1.807, 2.05) is 0 Å². The summed E-state index contributed by atoms with van der Waals surface area (Å²) >= 11 is 0.931. The second-order valence-electron chi connectivity index (χ2n) is 4.01. The number of aliphatic carboxylic acids is 1. The van der Waals surface area contributed by atoms with Crippen molar-refractivity contribution < 1.29 is 19.6 Å². The predicted octanol–water partition coefficient (Wildman–Crippen LogP) is 2.56. The number of carboxylic acids is 1. The molecule has 1 aromatic rings. The molecule has 0 spiro atoms. The van der Waals surface area contributed by atoms with E-state index in [0.717, 1.165) is 11.8 Å². The van der Waals surface area contributed by atoms with Crippen LogP contribution in [0.5, 0.6) is 5.75 Å². The van der Waals surface area contributed by atoms with Gasteiger partial charge in [-0.15, -0.1) is 11.8 Å². The third-order valence-electron chi connectivity index (χ3n) is 2.24. The molecule has 1 aromatic carbocycles. The number of nitrogens with zero attached hydrogens (tertiary/aromatic N) is 1. The van der Waals surface area contributed by atoms with Crippen molar-refractivity contribution in [3.05, 3.63) is 28.3 Å². The number of hydrogen-bond donors (Lipinski definition) is 1. The lowest BCUT2D eigenvalue weighted by molar-refractivity contribution is -0.387. The lowest BCUT2D eigenvalue weighted by atomic mass is 10.2. The number of carbonyl (C=O) groups is 1. The number of thioether (sulfide) groups is 1. The molecule has 1 N–H and O–H groups in total. The van der Waals surface area contributed by atoms with Gasteiger partial charge < -0.3 is 9.84 Å². The van der Waals surface area contributed by atoms with E-state index in [9.17, 15) is 14.9 Å². The highest BCUT2D eigenvalue weighted by Crippen LogP contribution is 2.39. The molecule has 0 bridgehead atoms. The van der Waals surface area contributed by atoms with Gasteiger partial charge in [0.15, 0.2) is 0 Å². The summed E-state index contributed by atoms with van der Waals surface area (Å²) in [6.45, 7) is 2.99. The van der Waals surface area contributed by atoms with Gasteiger partial charge in [0, 0.05) is 0 Å². The highest BCUT2D eigenvalue weighted by Gasteiger charge is 2.31. The van der Waals surface area contributed by atoms with Crippen molar-refractivity contribution in [2.24, 2.45) is 0 Å². The first-order chi connectivity index (χ1) is 8.27. The molecule has 7 heteroatoms. The van der Waals surface area contributed by atoms with E-state index in [1.54, 1.807) is 6.07 Å². The Hall–Kier alpha value is -1.76. The van der Waals surface area contributed by atoms with E-state index < -0.39 is 15.6 Å². The monoisotopic (exact) mass is 271 g/mol. The van der Waals surface area contributed by atoms with Crippen molar-refractivity contribution >= 4 is 23.4 Å². The van der Waals surface area contributed by atoms with Gasteiger partial charge in [-0.3, -0.25) is 14.9 Å². The number of hydrogen-bond acceptors (Lipinski definition) is 5. The molecule has 0 saturated heterocycles. The molecule has 0 fully saturated rings. The van der Waals surface area contributed by atoms with Crippen LogP contribution in [0.1, 0.15) is 13.8 Å². The fourth-order valence-electron chi connectivity index (χ4n) is 1.17. The zero-order chi connectivity index (χ0) is 13.9. The fraction of sp³-hybridized carbons (Fsp3) is 0.364. The maximum Gasteiger partial charge on any atom is 0.319 e. The molecule has 0 heterocycles. The van der Waals surface area contributed by atoms with Gasteiger partial charge in [-0.05, 0) is 26.0 Å². The first-order valence-electron chi connectivity index (χ1n) is 5.03. The van der Waals surface area contributed by atoms with E-state index in [4.69, 9.17) is 9.84 Å². The van der Waals surface area contributed by atoms with Crippen LogP contribution in [0.15, 0.2) is 23.1 Å². The molecule has 0 aliphatic carbocycles. The van der Waals surface area contributed by atoms with Gasteiger partial charge in [-0.25, -0.2) is 0 Å². The van der Waals surface area contributed by atoms with E-state index >= 15 is 0 Å². The third kappa shape index (κ3) is 3.13. The highest BCUT2D eigenvalue weighted by atomic mass is 32.2. The minimum atomic E-state index is -1.14. The zero-order valence-corrected chi connectivity index (χ0v) is 11.0. The average molecular weight is 271 g/mol. The first kappa shape index (κ1) is 14.3. The zero-order valence-electron chi connectivity index (χ0n) is 10.2. The van der Waals surface area contributed by atoms with Crippen molar-refractivity contribution in [1.29, 1.82) is 0 Å². The molecular formula is C11H13NO5S. The minimum absolute atomic E-state index is 0.159. The number of methoxy groups -OCH3 is 1. The quantitative estimate of drug-likeness (QED) is 0.503. The summed E-state index contributed by atoms with van der Waals surface area (Å²) in [5.74, 6) is -0.670. The summed E-state index contributed by atoms with van der Waals surface area (Å²) in [5.41, 5.74) is -0.159. The number of benzene rings is 1. The van der Waals surface area contributed by atoms with Crippen LogP contribution in [-0.4, -0.2) is 27.9 Å². The maximum atomic E-state index is 11.0. The van der Waals surface area contributed by atoms with E-state index in [2.05, 4.69) is 0 Å². The molecule has 0 radical (unpaired) electrons. The smallest absolute Gasteiger partial charge is 0.319 e. The highest BCUT2D eigenvalue weighted by molar-refractivity contribution is 8.01. The van der Waals surface area contributed by atoms with Crippen LogP contribution in [0.2, 0.25) is 0 Å². The molecule has 0 aliphatic heterocycles. The van der Waals surface area contributed by atoms with Crippen LogP contribution < -0.4 is 4.74 Å². The molecule has 6 nitrogen and oxygen atoms in total. The molecule has 98 valence electrons. The summed E-state index contributed by atoms with van der Waals surface area (Å²) in [4.78, 5) is 21.7. The van der Waals surface area contributed by atoms with Crippen LogP contribution in [0, 0.1) is 10.1 Å². The van der Waals surface area contributed by atoms with Crippen LogP contribution in [-0.2, 0) is 4.79 Å². The number of nitro groups is 1. The Labute approximate surface area is 108 Å². The average Bonchev–Trinajstić information content (AvgIpc) is 2.28. The Morgan fingerprint density at radius 1 is 1.50 bits per heavy atom. The Morgan fingerprint density at radius 3 is 2.56 bits per heavy atom. The largest absolute Gasteiger partial charge is 0.497 e. The molecule has 0 amide bonds. The molecule has 1 rings (SSSR count). The van der Waals surface area contributed by atoms with Gasteiger partial charge >= 0.3 is 5.97 Å². The summed E-state index contributed by atoms with van der Waals surface area (Å²) < 4.78 is 3.77. The van der Waals surface area contributed by atoms with E-state index in [-0.39, 0.29) is 5.69 Å². The molecule has 0 atom stereocenters. The summed E-state index contributed by atoms with van der Waals surface area (Å²) in [6.07, 6.45) is 0. The number of rotatable bonds is 5. The lowest BCUT2D eigenvalue weighted by Gasteiger charge is -2.18. The van der Waals surface area contributed by atoms with Crippen LogP contribution >= 0.6 is 11.8 Å². The van der Waals surface area contributed by atoms with E-state index in [0.29, 0.717) is 10.6 Å². The van der Waals surface area contributed by atoms with Gasteiger partial charge in [0.05, 0.1) is 23.0 Å². The number of ether oxygens (including phenoxy) is 1. The molecule has 0 aliphatic rings. The Balaban J connectivity index is 3.17. The standard InChI is InChI=1S/C11H13NO5S/c1-11(2,10(13)14)18-9-5-4-7(17-3)6-8(9)12(15)16/h4-6H,1-3H3,(H,13,14). The molecule has 18 heavy (non-hydrogen) atoms. The Bertz CT molecular complexity index is 486. The SMILES string of the molecule is COc1ccc(SC(C)(C)C(=O)O)c([N+](=O)[O-])c1. The fourth-order valence-corrected chi connectivity index (χ4v) is 2.18. The molecule has 0 aromatic heterocycles.